The third-order valence-corrected chi connectivity index (χ3v) is 1.68. The van der Waals surface area contributed by atoms with E-state index >= 15 is 0 Å². The zero-order valence-electron chi connectivity index (χ0n) is 7.89. The number of aryl methyl sites for hydroxylation is 1. The van der Waals surface area contributed by atoms with Gasteiger partial charge in [-0.15, -0.1) is 0 Å². The van der Waals surface area contributed by atoms with E-state index in [1.807, 2.05) is 0 Å². The first-order chi connectivity index (χ1) is 5.18. The second kappa shape index (κ2) is 5.18. The van der Waals surface area contributed by atoms with Gasteiger partial charge in [0.1, 0.15) is 6.54 Å². The van der Waals surface area contributed by atoms with Gasteiger partial charge in [0.25, 0.3) is 0 Å². The van der Waals surface area contributed by atoms with E-state index in [-0.39, 0.29) is 12.4 Å². The van der Waals surface area contributed by atoms with Crippen LogP contribution in [0.3, 0.4) is 0 Å². The lowest BCUT2D eigenvalue weighted by Crippen LogP contribution is -3.04. The largest absolute Gasteiger partial charge is 1.00 e. The van der Waals surface area contributed by atoms with Gasteiger partial charge in [-0.25, -0.2) is 0 Å². The van der Waals surface area contributed by atoms with Gasteiger partial charge in [0, 0.05) is 5.56 Å². The molecule has 0 spiro atoms. The summed E-state index contributed by atoms with van der Waals surface area (Å²) in [4.78, 5) is 1.47. The number of hydrogen-bond donors (Lipinski definition) is 1. The number of benzene rings is 1. The van der Waals surface area contributed by atoms with Gasteiger partial charge in [0.2, 0.25) is 0 Å². The molecule has 0 aliphatic carbocycles. The fraction of sp³-hybridized carbons (Fsp3) is 0.400. The molecule has 0 aromatic heterocycles. The van der Waals surface area contributed by atoms with Crippen LogP contribution in [0.15, 0.2) is 24.3 Å². The molecule has 1 nitrogen and oxygen atoms in total. The Kier molecular flexibility index (Phi) is 4.95. The molecule has 1 aromatic carbocycles. The highest BCUT2D eigenvalue weighted by atomic mass is 35.5. The molecule has 1 rings (SSSR count). The van der Waals surface area contributed by atoms with Crippen LogP contribution in [0.1, 0.15) is 11.1 Å². The maximum Gasteiger partial charge on any atom is 0.102 e. The Morgan fingerprint density at radius 2 is 1.58 bits per heavy atom. The Hall–Kier alpha value is -0.530. The molecule has 0 aliphatic rings. The molecule has 1 N–H and O–H groups in total. The predicted molar refractivity (Wildman–Crippen MR) is 47.7 cm³/mol. The maximum absolute atomic E-state index is 2.20. The van der Waals surface area contributed by atoms with Crippen LogP contribution in [0.25, 0.3) is 0 Å². The van der Waals surface area contributed by atoms with Crippen molar-refractivity contribution in [1.82, 2.24) is 0 Å². The van der Waals surface area contributed by atoms with E-state index in [2.05, 4.69) is 45.3 Å². The molecule has 0 aliphatic heterocycles. The standard InChI is InChI=1S/C10H15N.ClH/c1-9-4-6-10(7-5-9)8-11(2)3;/h4-7H,8H2,1-3H3;1H. The van der Waals surface area contributed by atoms with E-state index in [1.54, 1.807) is 0 Å². The molecule has 12 heavy (non-hydrogen) atoms. The van der Waals surface area contributed by atoms with Crippen molar-refractivity contribution in [1.29, 1.82) is 0 Å². The molecule has 0 heterocycles. The van der Waals surface area contributed by atoms with Crippen LogP contribution >= 0.6 is 0 Å². The number of quaternary nitrogens is 1. The minimum Gasteiger partial charge on any atom is -1.00 e. The summed E-state index contributed by atoms with van der Waals surface area (Å²) in [6, 6.07) is 8.72. The highest BCUT2D eigenvalue weighted by Crippen LogP contribution is 2.00. The van der Waals surface area contributed by atoms with Crippen molar-refractivity contribution in [2.75, 3.05) is 14.1 Å². The Morgan fingerprint density at radius 1 is 1.08 bits per heavy atom. The number of nitrogens with one attached hydrogen (secondary N) is 1. The molecule has 2 heteroatoms. The second-order valence-corrected chi connectivity index (χ2v) is 3.37. The normalized spacial score (nSPS) is 9.67. The summed E-state index contributed by atoms with van der Waals surface area (Å²) in [7, 11) is 4.33. The third-order valence-electron chi connectivity index (χ3n) is 1.68. The van der Waals surface area contributed by atoms with E-state index in [4.69, 9.17) is 0 Å². The van der Waals surface area contributed by atoms with Gasteiger partial charge < -0.3 is 17.3 Å². The van der Waals surface area contributed by atoms with Crippen LogP contribution in [0.5, 0.6) is 0 Å². The smallest absolute Gasteiger partial charge is 0.102 e. The van der Waals surface area contributed by atoms with Gasteiger partial charge in [0.15, 0.2) is 0 Å². The molecule has 0 unspecified atom stereocenters. The van der Waals surface area contributed by atoms with Gasteiger partial charge in [-0.05, 0) is 6.92 Å². The van der Waals surface area contributed by atoms with Crippen molar-refractivity contribution in [2.45, 2.75) is 13.5 Å². The van der Waals surface area contributed by atoms with E-state index in [0.29, 0.717) is 0 Å². The number of halogens is 1. The van der Waals surface area contributed by atoms with Gasteiger partial charge in [-0.3, -0.25) is 0 Å². The highest BCUT2D eigenvalue weighted by Gasteiger charge is 1.95. The van der Waals surface area contributed by atoms with E-state index in [9.17, 15) is 0 Å². The Balaban J connectivity index is 0.00000121. The zero-order valence-corrected chi connectivity index (χ0v) is 8.65. The monoisotopic (exact) mass is 185 g/mol. The van der Waals surface area contributed by atoms with Crippen molar-refractivity contribution in [3.8, 4) is 0 Å². The van der Waals surface area contributed by atoms with E-state index in [1.165, 1.54) is 16.0 Å². The summed E-state index contributed by atoms with van der Waals surface area (Å²) in [5, 5.41) is 0. The van der Waals surface area contributed by atoms with Gasteiger partial charge in [0.05, 0.1) is 14.1 Å². The first-order valence-corrected chi connectivity index (χ1v) is 4.03. The summed E-state index contributed by atoms with van der Waals surface area (Å²) < 4.78 is 0. The van der Waals surface area contributed by atoms with Crippen LogP contribution in [-0.2, 0) is 6.54 Å². The van der Waals surface area contributed by atoms with Gasteiger partial charge in [-0.1, -0.05) is 29.8 Å². The third kappa shape index (κ3) is 3.74. The van der Waals surface area contributed by atoms with E-state index in [0.717, 1.165) is 6.54 Å². The van der Waals surface area contributed by atoms with Crippen molar-refractivity contribution >= 4 is 0 Å². The fourth-order valence-corrected chi connectivity index (χ4v) is 1.11. The molecule has 1 aromatic rings. The van der Waals surface area contributed by atoms with Gasteiger partial charge >= 0.3 is 0 Å². The minimum atomic E-state index is 0. The molecular weight excluding hydrogens is 170 g/mol. The first kappa shape index (κ1) is 11.5. The molecule has 0 radical (unpaired) electrons. The summed E-state index contributed by atoms with van der Waals surface area (Å²) in [5.74, 6) is 0. The highest BCUT2D eigenvalue weighted by molar-refractivity contribution is 5.20. The molecular formula is C10H16ClN. The molecule has 0 bridgehead atoms. The van der Waals surface area contributed by atoms with E-state index < -0.39 is 0 Å². The zero-order chi connectivity index (χ0) is 8.27. The van der Waals surface area contributed by atoms with Crippen molar-refractivity contribution in [3.05, 3.63) is 35.4 Å². The Bertz CT molecular complexity index is 216. The first-order valence-electron chi connectivity index (χ1n) is 4.03. The van der Waals surface area contributed by atoms with Crippen molar-refractivity contribution < 1.29 is 17.3 Å². The number of rotatable bonds is 2. The minimum absolute atomic E-state index is 0. The Morgan fingerprint density at radius 3 is 2.00 bits per heavy atom. The van der Waals surface area contributed by atoms with Crippen LogP contribution in [0.4, 0.5) is 0 Å². The topological polar surface area (TPSA) is 4.44 Å². The number of hydrogen-bond acceptors (Lipinski definition) is 0. The lowest BCUT2D eigenvalue weighted by Gasteiger charge is -2.06. The lowest BCUT2D eigenvalue weighted by molar-refractivity contribution is -0.872. The van der Waals surface area contributed by atoms with Crippen LogP contribution in [0, 0.1) is 6.92 Å². The molecule has 0 saturated carbocycles. The summed E-state index contributed by atoms with van der Waals surface area (Å²) >= 11 is 0. The van der Waals surface area contributed by atoms with Crippen LogP contribution in [0.2, 0.25) is 0 Å². The van der Waals surface area contributed by atoms with Crippen molar-refractivity contribution in [3.63, 3.8) is 0 Å². The van der Waals surface area contributed by atoms with Gasteiger partial charge in [-0.2, -0.15) is 0 Å². The molecule has 0 saturated heterocycles. The molecule has 0 amide bonds. The summed E-state index contributed by atoms with van der Waals surface area (Å²) in [6.45, 7) is 3.23. The second-order valence-electron chi connectivity index (χ2n) is 3.37. The van der Waals surface area contributed by atoms with Crippen molar-refractivity contribution in [2.24, 2.45) is 0 Å². The summed E-state index contributed by atoms with van der Waals surface area (Å²) in [5.41, 5.74) is 2.75. The van der Waals surface area contributed by atoms with Crippen LogP contribution in [-0.4, -0.2) is 14.1 Å². The average Bonchev–Trinajstić information content (AvgIpc) is 1.93. The SMILES string of the molecule is Cc1ccc(C[NH+](C)C)cc1.[Cl-]. The van der Waals surface area contributed by atoms with Crippen LogP contribution < -0.4 is 17.3 Å². The Labute approximate surface area is 80.8 Å². The quantitative estimate of drug-likeness (QED) is 0.526. The molecule has 0 fully saturated rings. The predicted octanol–water partition coefficient (Wildman–Crippen LogP) is -2.36. The molecule has 68 valence electrons. The average molecular weight is 186 g/mol. The summed E-state index contributed by atoms with van der Waals surface area (Å²) in [6.07, 6.45) is 0. The maximum atomic E-state index is 2.20. The fourth-order valence-electron chi connectivity index (χ4n) is 1.11. The lowest BCUT2D eigenvalue weighted by atomic mass is 10.1. The molecule has 0 atom stereocenters.